The molecular weight excluding hydrogens is 483 g/mol. The van der Waals surface area contributed by atoms with E-state index in [0.29, 0.717) is 51.2 Å². The van der Waals surface area contributed by atoms with Crippen LogP contribution in [0.4, 0.5) is 9.18 Å². The Morgan fingerprint density at radius 3 is 2.33 bits per heavy atom. The van der Waals surface area contributed by atoms with Crippen LogP contribution in [0.1, 0.15) is 28.4 Å². The summed E-state index contributed by atoms with van der Waals surface area (Å²) in [5.74, 6) is -0.179. The quantitative estimate of drug-likeness (QED) is 0.639. The van der Waals surface area contributed by atoms with Gasteiger partial charge in [-0.25, -0.2) is 9.18 Å². The number of urea groups is 1. The zero-order valence-corrected chi connectivity index (χ0v) is 21.0. The fourth-order valence-electron chi connectivity index (χ4n) is 5.62. The molecule has 3 heterocycles. The third kappa shape index (κ3) is 5.51. The molecule has 192 valence electrons. The Labute approximate surface area is 216 Å². The first-order valence-electron chi connectivity index (χ1n) is 12.6. The summed E-state index contributed by atoms with van der Waals surface area (Å²) in [5.41, 5.74) is 1.06. The summed E-state index contributed by atoms with van der Waals surface area (Å²) >= 11 is 6.12. The molecule has 2 aromatic carbocycles. The zero-order valence-electron chi connectivity index (χ0n) is 20.2. The van der Waals surface area contributed by atoms with Gasteiger partial charge in [0, 0.05) is 45.8 Å². The van der Waals surface area contributed by atoms with Crippen molar-refractivity contribution < 1.29 is 18.7 Å². The Balaban J connectivity index is 1.16. The molecule has 0 aromatic heterocycles. The van der Waals surface area contributed by atoms with Gasteiger partial charge in [0.15, 0.2) is 0 Å². The molecule has 3 aliphatic heterocycles. The number of fused-ring (bicyclic) bond motifs is 1. The third-order valence-corrected chi connectivity index (χ3v) is 7.87. The van der Waals surface area contributed by atoms with Gasteiger partial charge in [0.05, 0.1) is 29.8 Å². The lowest BCUT2D eigenvalue weighted by atomic mass is 10.0. The third-order valence-electron chi connectivity index (χ3n) is 7.56. The molecule has 3 fully saturated rings. The molecule has 3 atom stereocenters. The van der Waals surface area contributed by atoms with E-state index in [2.05, 4.69) is 22.3 Å². The van der Waals surface area contributed by atoms with Gasteiger partial charge in [-0.15, -0.1) is 0 Å². The normalized spacial score (nSPS) is 22.9. The largest absolute Gasteiger partial charge is 0.378 e. The van der Waals surface area contributed by atoms with E-state index < -0.39 is 5.82 Å². The molecule has 3 amide bonds. The van der Waals surface area contributed by atoms with E-state index in [1.165, 1.54) is 12.1 Å². The number of likely N-dealkylation sites (tertiary alicyclic amines) is 2. The molecule has 0 saturated carbocycles. The number of hydrogen-bond acceptors (Lipinski definition) is 4. The number of carbonyl (C=O) groups is 2. The number of hydrogen-bond donors (Lipinski definition) is 1. The van der Waals surface area contributed by atoms with Gasteiger partial charge >= 0.3 is 6.03 Å². The highest BCUT2D eigenvalue weighted by atomic mass is 35.5. The monoisotopic (exact) mass is 514 g/mol. The van der Waals surface area contributed by atoms with Crippen LogP contribution in [-0.2, 0) is 4.74 Å². The number of morpholine rings is 1. The first-order chi connectivity index (χ1) is 17.5. The number of nitrogens with zero attached hydrogens (tertiary/aromatic N) is 3. The second kappa shape index (κ2) is 11.2. The number of ether oxygens (including phenoxy) is 1. The molecule has 36 heavy (non-hydrogen) atoms. The molecule has 5 rings (SSSR count). The second-order valence-electron chi connectivity index (χ2n) is 9.89. The topological polar surface area (TPSA) is 65.1 Å². The van der Waals surface area contributed by atoms with Crippen LogP contribution in [0.25, 0.3) is 0 Å². The van der Waals surface area contributed by atoms with Crippen LogP contribution in [-0.4, -0.2) is 85.7 Å². The van der Waals surface area contributed by atoms with Crippen LogP contribution < -0.4 is 5.32 Å². The molecule has 0 spiro atoms. The van der Waals surface area contributed by atoms with Crippen molar-refractivity contribution in [2.75, 3.05) is 59.0 Å². The Bertz CT molecular complexity index is 1050. The molecule has 0 aliphatic carbocycles. The minimum Gasteiger partial charge on any atom is -0.378 e. The van der Waals surface area contributed by atoms with Crippen molar-refractivity contribution in [3.63, 3.8) is 0 Å². The van der Waals surface area contributed by atoms with Crippen LogP contribution in [0, 0.1) is 17.7 Å². The van der Waals surface area contributed by atoms with E-state index in [0.717, 1.165) is 31.6 Å². The maximum atomic E-state index is 14.3. The number of nitrogens with one attached hydrogen (secondary N) is 1. The van der Waals surface area contributed by atoms with Crippen molar-refractivity contribution in [3.05, 3.63) is 70.5 Å². The summed E-state index contributed by atoms with van der Waals surface area (Å²) < 4.78 is 19.6. The van der Waals surface area contributed by atoms with E-state index in [1.807, 2.05) is 23.1 Å². The molecule has 1 N–H and O–H groups in total. The fourth-order valence-corrected chi connectivity index (χ4v) is 5.87. The van der Waals surface area contributed by atoms with Gasteiger partial charge in [-0.3, -0.25) is 4.79 Å². The van der Waals surface area contributed by atoms with Crippen LogP contribution >= 0.6 is 11.6 Å². The molecule has 9 heteroatoms. The highest BCUT2D eigenvalue weighted by molar-refractivity contribution is 6.33. The zero-order chi connectivity index (χ0) is 25.1. The first kappa shape index (κ1) is 25.0. The second-order valence-corrected chi connectivity index (χ2v) is 10.3. The molecule has 0 radical (unpaired) electrons. The number of carbonyl (C=O) groups excluding carboxylic acids is 2. The Morgan fingerprint density at radius 2 is 1.67 bits per heavy atom. The minimum atomic E-state index is -0.572. The smallest absolute Gasteiger partial charge is 0.318 e. The van der Waals surface area contributed by atoms with Gasteiger partial charge in [-0.05, 0) is 36.0 Å². The maximum absolute atomic E-state index is 14.3. The SMILES string of the molecule is O=C(N[C@@H](CCN1CC2CN(C(=O)c3c(F)cccc3Cl)CC2C1)c1ccccc1)N1CCOCC1. The van der Waals surface area contributed by atoms with Crippen molar-refractivity contribution in [2.24, 2.45) is 11.8 Å². The van der Waals surface area contributed by atoms with Crippen LogP contribution in [0.15, 0.2) is 48.5 Å². The number of rotatable bonds is 6. The van der Waals surface area contributed by atoms with Crippen LogP contribution in [0.2, 0.25) is 5.02 Å². The van der Waals surface area contributed by atoms with Gasteiger partial charge in [0.1, 0.15) is 5.82 Å². The lowest BCUT2D eigenvalue weighted by molar-refractivity contribution is 0.0523. The Hall–Kier alpha value is -2.68. The highest BCUT2D eigenvalue weighted by Gasteiger charge is 2.42. The van der Waals surface area contributed by atoms with Crippen molar-refractivity contribution in [3.8, 4) is 0 Å². The number of benzene rings is 2. The molecule has 7 nitrogen and oxygen atoms in total. The summed E-state index contributed by atoms with van der Waals surface area (Å²) in [6.07, 6.45) is 0.799. The van der Waals surface area contributed by atoms with Gasteiger partial charge in [-0.1, -0.05) is 48.0 Å². The van der Waals surface area contributed by atoms with E-state index in [1.54, 1.807) is 11.0 Å². The standard InChI is InChI=1S/C27H32ClFN4O3/c28-22-7-4-8-23(29)25(22)26(34)33-17-20-15-31(16-21(20)18-33)10-9-24(19-5-2-1-3-6-19)30-27(35)32-11-13-36-14-12-32/h1-8,20-21,24H,9-18H2,(H,30,35)/t20?,21?,24-/m0/s1. The van der Waals surface area contributed by atoms with Gasteiger partial charge in [0.2, 0.25) is 0 Å². The van der Waals surface area contributed by atoms with Crippen molar-refractivity contribution in [1.29, 1.82) is 0 Å². The Kier molecular flexibility index (Phi) is 7.74. The van der Waals surface area contributed by atoms with E-state index in [4.69, 9.17) is 16.3 Å². The molecule has 0 bridgehead atoms. The van der Waals surface area contributed by atoms with Gasteiger partial charge < -0.3 is 24.8 Å². The van der Waals surface area contributed by atoms with Gasteiger partial charge in [-0.2, -0.15) is 0 Å². The summed E-state index contributed by atoms with van der Waals surface area (Å²) in [5, 5.41) is 3.39. The van der Waals surface area contributed by atoms with Crippen molar-refractivity contribution >= 4 is 23.5 Å². The molecule has 3 saturated heterocycles. The molecule has 2 unspecified atom stereocenters. The average molecular weight is 515 g/mol. The summed E-state index contributed by atoms with van der Waals surface area (Å²) in [7, 11) is 0. The Morgan fingerprint density at radius 1 is 0.972 bits per heavy atom. The van der Waals surface area contributed by atoms with Gasteiger partial charge in [0.25, 0.3) is 5.91 Å². The highest BCUT2D eigenvalue weighted by Crippen LogP contribution is 2.33. The molecular formula is C27H32ClFN4O3. The predicted molar refractivity (Wildman–Crippen MR) is 135 cm³/mol. The molecule has 2 aromatic rings. The minimum absolute atomic E-state index is 0.0299. The van der Waals surface area contributed by atoms with E-state index in [9.17, 15) is 14.0 Å². The van der Waals surface area contributed by atoms with Crippen molar-refractivity contribution in [1.82, 2.24) is 20.0 Å². The van der Waals surface area contributed by atoms with Crippen molar-refractivity contribution in [2.45, 2.75) is 12.5 Å². The number of amides is 3. The van der Waals surface area contributed by atoms with Crippen LogP contribution in [0.5, 0.6) is 0 Å². The average Bonchev–Trinajstić information content (AvgIpc) is 3.46. The van der Waals surface area contributed by atoms with Crippen LogP contribution in [0.3, 0.4) is 0 Å². The lowest BCUT2D eigenvalue weighted by Crippen LogP contribution is -2.47. The lowest BCUT2D eigenvalue weighted by Gasteiger charge is -2.30. The summed E-state index contributed by atoms with van der Waals surface area (Å²) in [4.78, 5) is 31.8. The predicted octanol–water partition coefficient (Wildman–Crippen LogP) is 3.66. The maximum Gasteiger partial charge on any atom is 0.318 e. The summed E-state index contributed by atoms with van der Waals surface area (Å²) in [6, 6.07) is 14.3. The molecule has 3 aliphatic rings. The van der Waals surface area contributed by atoms with E-state index in [-0.39, 0.29) is 28.6 Å². The van der Waals surface area contributed by atoms with E-state index >= 15 is 0 Å². The first-order valence-corrected chi connectivity index (χ1v) is 13.0. The summed E-state index contributed by atoms with van der Waals surface area (Å²) in [6.45, 7) is 6.21. The fraction of sp³-hybridized carbons (Fsp3) is 0.481. The number of halogens is 2.